The third-order valence-electron chi connectivity index (χ3n) is 3.88. The standard InChI is InChI=1S/C15H22N2O4S/c1-15(2)10-16-13-8-12(5-6-14(13)21-15)22(18,19)17-9-11-4-3-7-20-11/h5-6,8,11,16-17H,3-4,7,9-10H2,1-2H3. The summed E-state index contributed by atoms with van der Waals surface area (Å²) in [5.74, 6) is 0.675. The van der Waals surface area contributed by atoms with E-state index in [1.165, 1.54) is 0 Å². The molecule has 2 N–H and O–H groups in total. The molecule has 1 unspecified atom stereocenters. The van der Waals surface area contributed by atoms with Crippen LogP contribution in [-0.4, -0.2) is 39.8 Å². The van der Waals surface area contributed by atoms with Crippen LogP contribution in [0.4, 0.5) is 5.69 Å². The van der Waals surface area contributed by atoms with Crippen LogP contribution >= 0.6 is 0 Å². The van der Waals surface area contributed by atoms with Crippen molar-refractivity contribution in [3.05, 3.63) is 18.2 Å². The molecule has 0 aliphatic carbocycles. The minimum Gasteiger partial charge on any atom is -0.484 e. The molecule has 0 spiro atoms. The lowest BCUT2D eigenvalue weighted by atomic mass is 10.1. The Labute approximate surface area is 131 Å². The van der Waals surface area contributed by atoms with Crippen molar-refractivity contribution in [3.8, 4) is 5.75 Å². The predicted octanol–water partition coefficient (Wildman–Crippen LogP) is 1.73. The molecule has 2 aliphatic rings. The summed E-state index contributed by atoms with van der Waals surface area (Å²) < 4.78 is 38.6. The maximum Gasteiger partial charge on any atom is 0.240 e. The van der Waals surface area contributed by atoms with Crippen molar-refractivity contribution in [3.63, 3.8) is 0 Å². The molecule has 0 saturated carbocycles. The number of hydrogen-bond donors (Lipinski definition) is 2. The van der Waals surface area contributed by atoms with Crippen molar-refractivity contribution in [2.75, 3.05) is 25.0 Å². The Morgan fingerprint density at radius 1 is 1.41 bits per heavy atom. The highest BCUT2D eigenvalue weighted by Gasteiger charge is 2.28. The molecular weight excluding hydrogens is 304 g/mol. The molecule has 1 saturated heterocycles. The first-order valence-corrected chi connectivity index (χ1v) is 9.02. The summed E-state index contributed by atoms with van der Waals surface area (Å²) in [7, 11) is -3.54. The third-order valence-corrected chi connectivity index (χ3v) is 5.30. The van der Waals surface area contributed by atoms with E-state index < -0.39 is 10.0 Å². The molecule has 122 valence electrons. The Kier molecular flexibility index (Phi) is 4.05. The molecular formula is C15H22N2O4S. The van der Waals surface area contributed by atoms with Crippen molar-refractivity contribution < 1.29 is 17.9 Å². The van der Waals surface area contributed by atoms with Crippen LogP contribution in [0.5, 0.6) is 5.75 Å². The van der Waals surface area contributed by atoms with E-state index in [1.54, 1.807) is 18.2 Å². The van der Waals surface area contributed by atoms with E-state index in [0.717, 1.165) is 12.8 Å². The van der Waals surface area contributed by atoms with Crippen LogP contribution in [0, 0.1) is 0 Å². The van der Waals surface area contributed by atoms with E-state index in [4.69, 9.17) is 9.47 Å². The highest BCUT2D eigenvalue weighted by atomic mass is 32.2. The number of ether oxygens (including phenoxy) is 2. The van der Waals surface area contributed by atoms with Gasteiger partial charge in [-0.15, -0.1) is 0 Å². The molecule has 1 atom stereocenters. The highest BCUT2D eigenvalue weighted by molar-refractivity contribution is 7.89. The number of rotatable bonds is 4. The second-order valence-corrected chi connectivity index (χ2v) is 8.13. The van der Waals surface area contributed by atoms with Crippen molar-refractivity contribution in [1.29, 1.82) is 0 Å². The minimum absolute atomic E-state index is 0.0188. The summed E-state index contributed by atoms with van der Waals surface area (Å²) in [6.45, 7) is 5.62. The fraction of sp³-hybridized carbons (Fsp3) is 0.600. The summed E-state index contributed by atoms with van der Waals surface area (Å²) in [5, 5.41) is 3.22. The maximum atomic E-state index is 12.4. The van der Waals surface area contributed by atoms with Gasteiger partial charge in [0.1, 0.15) is 11.4 Å². The first-order chi connectivity index (χ1) is 10.4. The molecule has 1 fully saturated rings. The lowest BCUT2D eigenvalue weighted by Gasteiger charge is -2.33. The van der Waals surface area contributed by atoms with E-state index in [9.17, 15) is 8.42 Å². The highest BCUT2D eigenvalue weighted by Crippen LogP contribution is 2.34. The van der Waals surface area contributed by atoms with Crippen LogP contribution in [0.1, 0.15) is 26.7 Å². The van der Waals surface area contributed by atoms with Gasteiger partial charge >= 0.3 is 0 Å². The maximum absolute atomic E-state index is 12.4. The molecule has 2 heterocycles. The van der Waals surface area contributed by atoms with Gasteiger partial charge in [-0.25, -0.2) is 13.1 Å². The van der Waals surface area contributed by atoms with E-state index in [-0.39, 0.29) is 16.6 Å². The average molecular weight is 326 g/mol. The quantitative estimate of drug-likeness (QED) is 0.881. The normalized spacial score (nSPS) is 23.5. The van der Waals surface area contributed by atoms with Crippen LogP contribution < -0.4 is 14.8 Å². The van der Waals surface area contributed by atoms with Crippen molar-refractivity contribution >= 4 is 15.7 Å². The Bertz CT molecular complexity index is 652. The lowest BCUT2D eigenvalue weighted by molar-refractivity contribution is 0.114. The van der Waals surface area contributed by atoms with E-state index >= 15 is 0 Å². The molecule has 7 heteroatoms. The zero-order chi connectivity index (χ0) is 15.8. The number of fused-ring (bicyclic) bond motifs is 1. The summed E-state index contributed by atoms with van der Waals surface area (Å²) >= 11 is 0. The van der Waals surface area contributed by atoms with Crippen LogP contribution in [0.2, 0.25) is 0 Å². The van der Waals surface area contributed by atoms with Gasteiger partial charge in [0, 0.05) is 13.2 Å². The van der Waals surface area contributed by atoms with Crippen LogP contribution in [0.3, 0.4) is 0 Å². The van der Waals surface area contributed by atoms with Crippen molar-refractivity contribution in [1.82, 2.24) is 4.72 Å². The zero-order valence-electron chi connectivity index (χ0n) is 12.9. The number of benzene rings is 1. The van der Waals surface area contributed by atoms with Gasteiger partial charge in [0.05, 0.1) is 23.2 Å². The zero-order valence-corrected chi connectivity index (χ0v) is 13.7. The Morgan fingerprint density at radius 3 is 2.95 bits per heavy atom. The average Bonchev–Trinajstić information content (AvgIpc) is 2.97. The Hall–Kier alpha value is -1.31. The van der Waals surface area contributed by atoms with E-state index in [0.29, 0.717) is 31.1 Å². The first kappa shape index (κ1) is 15.6. The predicted molar refractivity (Wildman–Crippen MR) is 83.8 cm³/mol. The smallest absolute Gasteiger partial charge is 0.240 e. The van der Waals surface area contributed by atoms with Crippen LogP contribution in [0.15, 0.2) is 23.1 Å². The van der Waals surface area contributed by atoms with E-state index in [2.05, 4.69) is 10.0 Å². The van der Waals surface area contributed by atoms with Gasteiger partial charge in [-0.2, -0.15) is 0 Å². The molecule has 2 aliphatic heterocycles. The number of nitrogens with one attached hydrogen (secondary N) is 2. The van der Waals surface area contributed by atoms with Gasteiger partial charge in [0.15, 0.2) is 0 Å². The van der Waals surface area contributed by atoms with Gasteiger partial charge in [-0.05, 0) is 44.9 Å². The van der Waals surface area contributed by atoms with Crippen LogP contribution in [0.25, 0.3) is 0 Å². The summed E-state index contributed by atoms with van der Waals surface area (Å²) in [6, 6.07) is 4.88. The van der Waals surface area contributed by atoms with Crippen molar-refractivity contribution in [2.45, 2.75) is 43.3 Å². The van der Waals surface area contributed by atoms with Gasteiger partial charge in [0.2, 0.25) is 10.0 Å². The topological polar surface area (TPSA) is 76.7 Å². The molecule has 3 rings (SSSR count). The first-order valence-electron chi connectivity index (χ1n) is 7.54. The van der Waals surface area contributed by atoms with Gasteiger partial charge in [0.25, 0.3) is 0 Å². The molecule has 0 bridgehead atoms. The number of hydrogen-bond acceptors (Lipinski definition) is 5. The second-order valence-electron chi connectivity index (χ2n) is 6.36. The Balaban J connectivity index is 1.74. The van der Waals surface area contributed by atoms with Gasteiger partial charge in [-0.1, -0.05) is 0 Å². The van der Waals surface area contributed by atoms with Crippen LogP contribution in [-0.2, 0) is 14.8 Å². The third kappa shape index (κ3) is 3.37. The summed E-state index contributed by atoms with van der Waals surface area (Å²) in [4.78, 5) is 0.236. The lowest BCUT2D eigenvalue weighted by Crippen LogP contribution is -2.40. The van der Waals surface area contributed by atoms with Gasteiger partial charge in [-0.3, -0.25) is 0 Å². The fourth-order valence-corrected chi connectivity index (χ4v) is 3.73. The SMILES string of the molecule is CC1(C)CNc2cc(S(=O)(=O)NCC3CCCO3)ccc2O1. The molecule has 1 aromatic carbocycles. The molecule has 0 aromatic heterocycles. The Morgan fingerprint density at radius 2 is 2.23 bits per heavy atom. The molecule has 6 nitrogen and oxygen atoms in total. The summed E-state index contributed by atoms with van der Waals surface area (Å²) in [5.41, 5.74) is 0.408. The molecule has 22 heavy (non-hydrogen) atoms. The monoisotopic (exact) mass is 326 g/mol. The number of sulfonamides is 1. The second kappa shape index (κ2) is 5.72. The molecule has 0 radical (unpaired) electrons. The van der Waals surface area contributed by atoms with E-state index in [1.807, 2.05) is 13.8 Å². The number of anilines is 1. The summed E-state index contributed by atoms with van der Waals surface area (Å²) in [6.07, 6.45) is 1.87. The fourth-order valence-electron chi connectivity index (χ4n) is 2.64. The molecule has 1 aromatic rings. The minimum atomic E-state index is -3.54. The van der Waals surface area contributed by atoms with Crippen molar-refractivity contribution in [2.24, 2.45) is 0 Å². The molecule has 0 amide bonds. The van der Waals surface area contributed by atoms with Gasteiger partial charge < -0.3 is 14.8 Å². The largest absolute Gasteiger partial charge is 0.484 e.